The summed E-state index contributed by atoms with van der Waals surface area (Å²) < 4.78 is 4.71. The molecule has 1 atom stereocenters. The average Bonchev–Trinajstić information content (AvgIpc) is 2.38. The molecule has 1 rings (SSSR count). The maximum Gasteiger partial charge on any atom is 0.334 e. The fourth-order valence-corrected chi connectivity index (χ4v) is 1.51. The monoisotopic (exact) mass is 266 g/mol. The van der Waals surface area contributed by atoms with Gasteiger partial charge in [0.15, 0.2) is 6.10 Å². The van der Waals surface area contributed by atoms with Gasteiger partial charge in [0, 0.05) is 19.2 Å². The SMILES string of the molecule is COC(CNC(=O)CCc1ccc(N)cc1)C(=O)O. The van der Waals surface area contributed by atoms with Crippen molar-refractivity contribution in [3.63, 3.8) is 0 Å². The second kappa shape index (κ2) is 7.38. The summed E-state index contributed by atoms with van der Waals surface area (Å²) in [7, 11) is 1.29. The molecule has 4 N–H and O–H groups in total. The quantitative estimate of drug-likeness (QED) is 0.621. The first-order chi connectivity index (χ1) is 9.02. The van der Waals surface area contributed by atoms with Crippen molar-refractivity contribution in [2.45, 2.75) is 18.9 Å². The third-order valence-corrected chi connectivity index (χ3v) is 2.67. The molecule has 1 unspecified atom stereocenters. The number of methoxy groups -OCH3 is 1. The number of nitrogen functional groups attached to an aromatic ring is 1. The highest BCUT2D eigenvalue weighted by Gasteiger charge is 2.16. The Kier molecular flexibility index (Phi) is 5.81. The largest absolute Gasteiger partial charge is 0.479 e. The molecule has 0 heterocycles. The van der Waals surface area contributed by atoms with Crippen molar-refractivity contribution in [3.05, 3.63) is 29.8 Å². The highest BCUT2D eigenvalue weighted by atomic mass is 16.5. The number of carbonyl (C=O) groups is 2. The van der Waals surface area contributed by atoms with E-state index in [0.717, 1.165) is 5.56 Å². The van der Waals surface area contributed by atoms with Gasteiger partial charge in [-0.15, -0.1) is 0 Å². The Balaban J connectivity index is 2.31. The molecular formula is C13H18N2O4. The van der Waals surface area contributed by atoms with E-state index in [1.54, 1.807) is 12.1 Å². The molecule has 0 aliphatic rings. The van der Waals surface area contributed by atoms with Crippen LogP contribution in [0.2, 0.25) is 0 Å². The number of carboxylic acid groups (broad SMARTS) is 1. The number of hydrogen-bond acceptors (Lipinski definition) is 4. The van der Waals surface area contributed by atoms with Crippen LogP contribution >= 0.6 is 0 Å². The fraction of sp³-hybridized carbons (Fsp3) is 0.385. The highest BCUT2D eigenvalue weighted by Crippen LogP contribution is 2.07. The predicted octanol–water partition coefficient (Wildman–Crippen LogP) is 0.417. The van der Waals surface area contributed by atoms with Gasteiger partial charge in [0.25, 0.3) is 0 Å². The Morgan fingerprint density at radius 3 is 2.53 bits per heavy atom. The number of aliphatic carboxylic acids is 1. The number of hydrogen-bond donors (Lipinski definition) is 3. The minimum absolute atomic E-state index is 0.0353. The van der Waals surface area contributed by atoms with Gasteiger partial charge in [-0.3, -0.25) is 4.79 Å². The van der Waals surface area contributed by atoms with Crippen LogP contribution in [0, 0.1) is 0 Å². The van der Waals surface area contributed by atoms with Crippen LogP contribution in [0.1, 0.15) is 12.0 Å². The van der Waals surface area contributed by atoms with Crippen LogP contribution in [0.15, 0.2) is 24.3 Å². The molecule has 0 radical (unpaired) electrons. The zero-order valence-electron chi connectivity index (χ0n) is 10.8. The number of nitrogens with one attached hydrogen (secondary N) is 1. The van der Waals surface area contributed by atoms with Crippen molar-refractivity contribution < 1.29 is 19.4 Å². The van der Waals surface area contributed by atoms with Crippen LogP contribution in [0.25, 0.3) is 0 Å². The fourth-order valence-electron chi connectivity index (χ4n) is 1.51. The molecule has 1 amide bonds. The maximum absolute atomic E-state index is 11.5. The van der Waals surface area contributed by atoms with Gasteiger partial charge in [0.05, 0.1) is 6.54 Å². The summed E-state index contributed by atoms with van der Waals surface area (Å²) in [5.74, 6) is -1.30. The zero-order valence-corrected chi connectivity index (χ0v) is 10.8. The van der Waals surface area contributed by atoms with Crippen molar-refractivity contribution in [1.29, 1.82) is 0 Å². The molecule has 6 heteroatoms. The minimum Gasteiger partial charge on any atom is -0.479 e. The van der Waals surface area contributed by atoms with Gasteiger partial charge in [0.1, 0.15) is 0 Å². The molecule has 0 aliphatic carbocycles. The number of nitrogens with two attached hydrogens (primary N) is 1. The van der Waals surface area contributed by atoms with Crippen molar-refractivity contribution in [1.82, 2.24) is 5.32 Å². The van der Waals surface area contributed by atoms with Gasteiger partial charge in [-0.2, -0.15) is 0 Å². The van der Waals surface area contributed by atoms with E-state index in [4.69, 9.17) is 15.6 Å². The molecular weight excluding hydrogens is 248 g/mol. The lowest BCUT2D eigenvalue weighted by atomic mass is 10.1. The normalized spacial score (nSPS) is 11.8. The summed E-state index contributed by atoms with van der Waals surface area (Å²) in [5, 5.41) is 11.3. The van der Waals surface area contributed by atoms with Crippen LogP contribution in [-0.4, -0.2) is 36.7 Å². The number of carboxylic acids is 1. The molecule has 6 nitrogen and oxygen atoms in total. The molecule has 0 saturated heterocycles. The van der Waals surface area contributed by atoms with E-state index in [1.807, 2.05) is 12.1 Å². The van der Waals surface area contributed by atoms with Crippen molar-refractivity contribution in [2.75, 3.05) is 19.4 Å². The average molecular weight is 266 g/mol. The van der Waals surface area contributed by atoms with Gasteiger partial charge in [0.2, 0.25) is 5.91 Å². The summed E-state index contributed by atoms with van der Waals surface area (Å²) >= 11 is 0. The summed E-state index contributed by atoms with van der Waals surface area (Å²) in [6, 6.07) is 7.27. The van der Waals surface area contributed by atoms with E-state index in [-0.39, 0.29) is 12.5 Å². The second-order valence-corrected chi connectivity index (χ2v) is 4.11. The number of benzene rings is 1. The van der Waals surface area contributed by atoms with E-state index in [1.165, 1.54) is 7.11 Å². The minimum atomic E-state index is -1.10. The van der Waals surface area contributed by atoms with Crippen molar-refractivity contribution in [3.8, 4) is 0 Å². The Morgan fingerprint density at radius 2 is 2.00 bits per heavy atom. The Bertz CT molecular complexity index is 431. The molecule has 0 aliphatic heterocycles. The first-order valence-corrected chi connectivity index (χ1v) is 5.89. The Morgan fingerprint density at radius 1 is 1.37 bits per heavy atom. The van der Waals surface area contributed by atoms with Crippen LogP contribution in [0.4, 0.5) is 5.69 Å². The number of ether oxygens (including phenoxy) is 1. The smallest absolute Gasteiger partial charge is 0.334 e. The number of rotatable bonds is 7. The molecule has 1 aromatic carbocycles. The molecule has 0 aromatic heterocycles. The van der Waals surface area contributed by atoms with E-state index in [0.29, 0.717) is 18.5 Å². The van der Waals surface area contributed by atoms with Crippen LogP contribution in [-0.2, 0) is 20.7 Å². The second-order valence-electron chi connectivity index (χ2n) is 4.11. The van der Waals surface area contributed by atoms with Gasteiger partial charge < -0.3 is 20.9 Å². The molecule has 104 valence electrons. The zero-order chi connectivity index (χ0) is 14.3. The van der Waals surface area contributed by atoms with Crippen LogP contribution in [0.5, 0.6) is 0 Å². The Hall–Kier alpha value is -2.08. The lowest BCUT2D eigenvalue weighted by molar-refractivity contribution is -0.148. The Labute approximate surface area is 111 Å². The standard InChI is InChI=1S/C13H18N2O4/c1-19-11(13(17)18)8-15-12(16)7-4-9-2-5-10(14)6-3-9/h2-3,5-6,11H,4,7-8,14H2,1H3,(H,15,16)(H,17,18). The molecule has 0 saturated carbocycles. The summed E-state index contributed by atoms with van der Waals surface area (Å²) in [5.41, 5.74) is 7.24. The van der Waals surface area contributed by atoms with E-state index in [9.17, 15) is 9.59 Å². The topological polar surface area (TPSA) is 102 Å². The number of carbonyl (C=O) groups excluding carboxylic acids is 1. The number of anilines is 1. The molecule has 0 fully saturated rings. The number of amides is 1. The third kappa shape index (κ3) is 5.39. The molecule has 1 aromatic rings. The van der Waals surface area contributed by atoms with Gasteiger partial charge in [-0.05, 0) is 24.1 Å². The van der Waals surface area contributed by atoms with Crippen molar-refractivity contribution in [2.24, 2.45) is 0 Å². The van der Waals surface area contributed by atoms with Gasteiger partial charge in [-0.25, -0.2) is 4.79 Å². The third-order valence-electron chi connectivity index (χ3n) is 2.67. The van der Waals surface area contributed by atoms with Crippen molar-refractivity contribution >= 4 is 17.6 Å². The highest BCUT2D eigenvalue weighted by molar-refractivity contribution is 5.78. The molecule has 0 spiro atoms. The predicted molar refractivity (Wildman–Crippen MR) is 70.6 cm³/mol. The maximum atomic E-state index is 11.5. The number of aryl methyl sites for hydroxylation is 1. The molecule has 19 heavy (non-hydrogen) atoms. The summed E-state index contributed by atoms with van der Waals surface area (Å²) in [4.78, 5) is 22.2. The summed E-state index contributed by atoms with van der Waals surface area (Å²) in [6.45, 7) is -0.0353. The van der Waals surface area contributed by atoms with Gasteiger partial charge in [-0.1, -0.05) is 12.1 Å². The lowest BCUT2D eigenvalue weighted by Crippen LogP contribution is -2.37. The lowest BCUT2D eigenvalue weighted by Gasteiger charge is -2.11. The first kappa shape index (κ1) is 15.0. The summed E-state index contributed by atoms with van der Waals surface area (Å²) in [6.07, 6.45) is -0.142. The van der Waals surface area contributed by atoms with Gasteiger partial charge >= 0.3 is 5.97 Å². The van der Waals surface area contributed by atoms with Crippen LogP contribution in [0.3, 0.4) is 0 Å². The first-order valence-electron chi connectivity index (χ1n) is 5.89. The van der Waals surface area contributed by atoms with E-state index >= 15 is 0 Å². The van der Waals surface area contributed by atoms with Crippen LogP contribution < -0.4 is 11.1 Å². The van der Waals surface area contributed by atoms with E-state index in [2.05, 4.69) is 5.32 Å². The van der Waals surface area contributed by atoms with E-state index < -0.39 is 12.1 Å². The molecule has 0 bridgehead atoms.